The van der Waals surface area contributed by atoms with E-state index in [0.717, 1.165) is 54.4 Å². The molecule has 0 aliphatic carbocycles. The Morgan fingerprint density at radius 3 is 2.67 bits per heavy atom. The molecule has 21 heavy (non-hydrogen) atoms. The summed E-state index contributed by atoms with van der Waals surface area (Å²) in [5.41, 5.74) is 3.63. The second kappa shape index (κ2) is 5.14. The zero-order valence-corrected chi connectivity index (χ0v) is 11.5. The third-order valence-corrected chi connectivity index (χ3v) is 3.69. The van der Waals surface area contributed by atoms with Gasteiger partial charge in [-0.15, -0.1) is 10.2 Å². The summed E-state index contributed by atoms with van der Waals surface area (Å²) in [5.74, 6) is 0.852. The van der Waals surface area contributed by atoms with Gasteiger partial charge in [-0.25, -0.2) is 4.98 Å². The molecule has 2 aromatic heterocycles. The summed E-state index contributed by atoms with van der Waals surface area (Å²) in [4.78, 5) is 9.82. The highest BCUT2D eigenvalue weighted by molar-refractivity contribution is 5.95. The van der Waals surface area contributed by atoms with Crippen LogP contribution in [0.25, 0.3) is 22.3 Å². The highest BCUT2D eigenvalue weighted by Crippen LogP contribution is 2.29. The molecule has 6 heteroatoms. The van der Waals surface area contributed by atoms with Crippen LogP contribution >= 0.6 is 0 Å². The summed E-state index contributed by atoms with van der Waals surface area (Å²) in [7, 11) is 0. The van der Waals surface area contributed by atoms with E-state index in [0.29, 0.717) is 0 Å². The summed E-state index contributed by atoms with van der Waals surface area (Å²) in [6.07, 6.45) is 1.70. The van der Waals surface area contributed by atoms with E-state index >= 15 is 0 Å². The summed E-state index contributed by atoms with van der Waals surface area (Å²) in [6, 6.07) is 10.0. The van der Waals surface area contributed by atoms with Gasteiger partial charge < -0.3 is 14.6 Å². The zero-order chi connectivity index (χ0) is 14.1. The maximum absolute atomic E-state index is 5.39. The number of hydrogen-bond donors (Lipinski definition) is 1. The van der Waals surface area contributed by atoms with Crippen molar-refractivity contribution in [2.24, 2.45) is 0 Å². The number of hydrogen-bond acceptors (Lipinski definition) is 5. The smallest absolute Gasteiger partial charge is 0.177 e. The van der Waals surface area contributed by atoms with Crippen LogP contribution in [0, 0.1) is 0 Å². The summed E-state index contributed by atoms with van der Waals surface area (Å²) in [6.45, 7) is 3.09. The van der Waals surface area contributed by atoms with E-state index in [2.05, 4.69) is 25.1 Å². The first-order chi connectivity index (χ1) is 10.4. The number of benzene rings is 1. The maximum Gasteiger partial charge on any atom is 0.177 e. The van der Waals surface area contributed by atoms with Crippen LogP contribution in [0.4, 0.5) is 5.82 Å². The van der Waals surface area contributed by atoms with Gasteiger partial charge in [0.05, 0.1) is 19.5 Å². The van der Waals surface area contributed by atoms with Gasteiger partial charge in [0.2, 0.25) is 0 Å². The van der Waals surface area contributed by atoms with Crippen molar-refractivity contribution in [2.75, 3.05) is 31.2 Å². The number of ether oxygens (including phenoxy) is 1. The van der Waals surface area contributed by atoms with Crippen molar-refractivity contribution in [3.8, 4) is 11.3 Å². The number of aromatic nitrogens is 4. The lowest BCUT2D eigenvalue weighted by Gasteiger charge is -2.27. The van der Waals surface area contributed by atoms with Crippen LogP contribution in [0.5, 0.6) is 0 Å². The average molecular weight is 281 g/mol. The SMILES string of the molecule is c1ccc(-c2nnc(N3CCOCC3)c3[nH]cnc23)cc1. The molecular formula is C15H15N5O. The van der Waals surface area contributed by atoms with E-state index in [9.17, 15) is 0 Å². The van der Waals surface area contributed by atoms with E-state index in [1.165, 1.54) is 0 Å². The molecule has 1 aliphatic rings. The molecule has 4 rings (SSSR count). The van der Waals surface area contributed by atoms with Gasteiger partial charge in [-0.05, 0) is 0 Å². The molecule has 0 saturated carbocycles. The molecular weight excluding hydrogens is 266 g/mol. The molecule has 0 unspecified atom stereocenters. The minimum Gasteiger partial charge on any atom is -0.378 e. The van der Waals surface area contributed by atoms with E-state index in [-0.39, 0.29) is 0 Å². The fourth-order valence-electron chi connectivity index (χ4n) is 2.63. The van der Waals surface area contributed by atoms with E-state index < -0.39 is 0 Å². The van der Waals surface area contributed by atoms with Crippen LogP contribution in [-0.2, 0) is 4.74 Å². The number of fused-ring (bicyclic) bond motifs is 1. The summed E-state index contributed by atoms with van der Waals surface area (Å²) < 4.78 is 5.39. The van der Waals surface area contributed by atoms with E-state index in [1.807, 2.05) is 30.3 Å². The third kappa shape index (κ3) is 2.13. The Morgan fingerprint density at radius 1 is 1.05 bits per heavy atom. The van der Waals surface area contributed by atoms with Gasteiger partial charge in [0.1, 0.15) is 16.7 Å². The van der Waals surface area contributed by atoms with Crippen molar-refractivity contribution in [1.82, 2.24) is 20.2 Å². The molecule has 0 bridgehead atoms. The predicted molar refractivity (Wildman–Crippen MR) is 80.2 cm³/mol. The van der Waals surface area contributed by atoms with Crippen LogP contribution in [0.15, 0.2) is 36.7 Å². The third-order valence-electron chi connectivity index (χ3n) is 3.69. The second-order valence-electron chi connectivity index (χ2n) is 4.96. The Hall–Kier alpha value is -2.47. The molecule has 0 amide bonds. The first-order valence-electron chi connectivity index (χ1n) is 7.01. The fourth-order valence-corrected chi connectivity index (χ4v) is 2.63. The Kier molecular flexibility index (Phi) is 3.01. The van der Waals surface area contributed by atoms with Gasteiger partial charge in [-0.2, -0.15) is 0 Å². The average Bonchev–Trinajstić information content (AvgIpc) is 3.05. The van der Waals surface area contributed by atoms with Crippen molar-refractivity contribution < 1.29 is 4.74 Å². The standard InChI is InChI=1S/C15H15N5O/c1-2-4-11(5-3-1)12-13-14(17-10-16-13)15(19-18-12)20-6-8-21-9-7-20/h1-5,10H,6-9H2,(H,16,17). The molecule has 0 spiro atoms. The molecule has 0 atom stereocenters. The topological polar surface area (TPSA) is 66.9 Å². The zero-order valence-electron chi connectivity index (χ0n) is 11.5. The summed E-state index contributed by atoms with van der Waals surface area (Å²) in [5, 5.41) is 8.84. The Morgan fingerprint density at radius 2 is 1.86 bits per heavy atom. The Balaban J connectivity index is 1.84. The van der Waals surface area contributed by atoms with Gasteiger partial charge in [-0.1, -0.05) is 30.3 Å². The van der Waals surface area contributed by atoms with Crippen molar-refractivity contribution in [1.29, 1.82) is 0 Å². The number of morpholine rings is 1. The predicted octanol–water partition coefficient (Wildman–Crippen LogP) is 1.86. The van der Waals surface area contributed by atoms with Crippen LogP contribution < -0.4 is 4.90 Å². The van der Waals surface area contributed by atoms with Gasteiger partial charge >= 0.3 is 0 Å². The maximum atomic E-state index is 5.39. The number of anilines is 1. The van der Waals surface area contributed by atoms with Gasteiger partial charge in [0, 0.05) is 18.7 Å². The lowest BCUT2D eigenvalue weighted by molar-refractivity contribution is 0.122. The number of nitrogens with zero attached hydrogens (tertiary/aromatic N) is 4. The Labute approximate surface area is 121 Å². The lowest BCUT2D eigenvalue weighted by atomic mass is 10.1. The number of rotatable bonds is 2. The van der Waals surface area contributed by atoms with Crippen LogP contribution in [0.2, 0.25) is 0 Å². The first kappa shape index (κ1) is 12.3. The molecule has 106 valence electrons. The van der Waals surface area contributed by atoms with Gasteiger partial charge in [0.15, 0.2) is 5.82 Å². The molecule has 1 N–H and O–H groups in total. The number of imidazole rings is 1. The molecule has 3 heterocycles. The molecule has 1 fully saturated rings. The second-order valence-corrected chi connectivity index (χ2v) is 4.96. The molecule has 0 radical (unpaired) electrons. The molecule has 1 saturated heterocycles. The monoisotopic (exact) mass is 281 g/mol. The Bertz CT molecular complexity index is 749. The molecule has 6 nitrogen and oxygen atoms in total. The van der Waals surface area contributed by atoms with Gasteiger partial charge in [-0.3, -0.25) is 0 Å². The first-order valence-corrected chi connectivity index (χ1v) is 7.01. The largest absolute Gasteiger partial charge is 0.378 e. The highest BCUT2D eigenvalue weighted by Gasteiger charge is 2.19. The van der Waals surface area contributed by atoms with Crippen LogP contribution in [0.3, 0.4) is 0 Å². The minimum absolute atomic E-state index is 0.720. The quantitative estimate of drug-likeness (QED) is 0.776. The highest BCUT2D eigenvalue weighted by atomic mass is 16.5. The molecule has 1 aliphatic heterocycles. The summed E-state index contributed by atoms with van der Waals surface area (Å²) >= 11 is 0. The number of nitrogens with one attached hydrogen (secondary N) is 1. The number of aromatic amines is 1. The van der Waals surface area contributed by atoms with E-state index in [1.54, 1.807) is 6.33 Å². The molecule has 3 aromatic rings. The van der Waals surface area contributed by atoms with Crippen molar-refractivity contribution >= 4 is 16.9 Å². The van der Waals surface area contributed by atoms with E-state index in [4.69, 9.17) is 4.74 Å². The number of H-pyrrole nitrogens is 1. The van der Waals surface area contributed by atoms with Crippen LogP contribution in [-0.4, -0.2) is 46.5 Å². The van der Waals surface area contributed by atoms with Crippen LogP contribution in [0.1, 0.15) is 0 Å². The fraction of sp³-hybridized carbons (Fsp3) is 0.267. The lowest BCUT2D eigenvalue weighted by Crippen LogP contribution is -2.37. The minimum atomic E-state index is 0.720. The van der Waals surface area contributed by atoms with Crippen molar-refractivity contribution in [3.63, 3.8) is 0 Å². The van der Waals surface area contributed by atoms with Crippen molar-refractivity contribution in [3.05, 3.63) is 36.7 Å². The van der Waals surface area contributed by atoms with Gasteiger partial charge in [0.25, 0.3) is 0 Å². The normalized spacial score (nSPS) is 15.5. The van der Waals surface area contributed by atoms with Crippen molar-refractivity contribution in [2.45, 2.75) is 0 Å². The molecule has 1 aromatic carbocycles.